The molecular weight excluding hydrogens is 324 g/mol. The van der Waals surface area contributed by atoms with Gasteiger partial charge in [-0.25, -0.2) is 13.6 Å². The van der Waals surface area contributed by atoms with Gasteiger partial charge in [-0.1, -0.05) is 23.7 Å². The van der Waals surface area contributed by atoms with Crippen molar-refractivity contribution in [1.29, 1.82) is 0 Å². The van der Waals surface area contributed by atoms with Crippen molar-refractivity contribution in [3.63, 3.8) is 0 Å². The summed E-state index contributed by atoms with van der Waals surface area (Å²) in [7, 11) is -2.03. The maximum absolute atomic E-state index is 12.3. The van der Waals surface area contributed by atoms with Gasteiger partial charge in [0.05, 0.1) is 4.90 Å². The second kappa shape index (κ2) is 6.48. The van der Waals surface area contributed by atoms with Gasteiger partial charge in [0.2, 0.25) is 10.0 Å². The first-order valence-electron chi connectivity index (χ1n) is 6.40. The predicted octanol–water partition coefficient (Wildman–Crippen LogP) is 2.26. The Hall–Kier alpha value is -1.89. The van der Waals surface area contributed by atoms with Crippen molar-refractivity contribution in [3.8, 4) is 0 Å². The molecule has 1 amide bonds. The van der Waals surface area contributed by atoms with E-state index in [0.717, 1.165) is 5.56 Å². The molecule has 0 atom stereocenters. The van der Waals surface area contributed by atoms with E-state index in [-0.39, 0.29) is 10.8 Å². The molecule has 2 rings (SSSR count). The van der Waals surface area contributed by atoms with Crippen LogP contribution in [-0.2, 0) is 16.6 Å². The number of benzene rings is 2. The van der Waals surface area contributed by atoms with Crippen LogP contribution in [0.5, 0.6) is 0 Å². The maximum Gasteiger partial charge on any atom is 0.253 e. The number of carbonyl (C=O) groups excluding carboxylic acids is 1. The third kappa shape index (κ3) is 4.07. The zero-order chi connectivity index (χ0) is 16.3. The number of carbonyl (C=O) groups is 1. The number of nitrogens with zero attached hydrogens (tertiary/aromatic N) is 1. The van der Waals surface area contributed by atoms with Crippen LogP contribution in [0.3, 0.4) is 0 Å². The highest BCUT2D eigenvalue weighted by Crippen LogP contribution is 2.14. The first-order chi connectivity index (χ1) is 10.3. The average molecular weight is 339 g/mol. The van der Waals surface area contributed by atoms with Gasteiger partial charge in [0.1, 0.15) is 0 Å². The van der Waals surface area contributed by atoms with Gasteiger partial charge >= 0.3 is 0 Å². The summed E-state index contributed by atoms with van der Waals surface area (Å²) in [6.07, 6.45) is 0. The Kier molecular flexibility index (Phi) is 4.85. The van der Waals surface area contributed by atoms with Gasteiger partial charge in [0.25, 0.3) is 5.91 Å². The molecule has 0 unspecified atom stereocenters. The molecule has 0 radical (unpaired) electrons. The summed E-state index contributed by atoms with van der Waals surface area (Å²) in [5.41, 5.74) is 1.34. The smallest absolute Gasteiger partial charge is 0.253 e. The second-order valence-electron chi connectivity index (χ2n) is 4.86. The van der Waals surface area contributed by atoms with E-state index in [0.29, 0.717) is 17.1 Å². The Morgan fingerprint density at radius 3 is 2.14 bits per heavy atom. The van der Waals surface area contributed by atoms with Gasteiger partial charge in [-0.15, -0.1) is 0 Å². The number of sulfonamides is 1. The van der Waals surface area contributed by atoms with E-state index in [2.05, 4.69) is 0 Å². The summed E-state index contributed by atoms with van der Waals surface area (Å²) < 4.78 is 22.4. The standard InChI is InChI=1S/C15H15ClN2O3S/c1-18(15(19)12-4-6-13(16)7-5-12)10-11-2-8-14(9-3-11)22(17,20)21/h2-9H,10H2,1H3,(H2,17,20,21). The maximum atomic E-state index is 12.3. The van der Waals surface area contributed by atoms with Crippen molar-refractivity contribution in [1.82, 2.24) is 4.90 Å². The Morgan fingerprint density at radius 1 is 1.09 bits per heavy atom. The monoisotopic (exact) mass is 338 g/mol. The molecule has 2 aromatic carbocycles. The summed E-state index contributed by atoms with van der Waals surface area (Å²) in [6.45, 7) is 0.354. The highest BCUT2D eigenvalue weighted by atomic mass is 35.5. The van der Waals surface area contributed by atoms with Crippen LogP contribution in [0.15, 0.2) is 53.4 Å². The molecule has 0 saturated heterocycles. The van der Waals surface area contributed by atoms with Crippen LogP contribution in [0.4, 0.5) is 0 Å². The number of primary sulfonamides is 1. The van der Waals surface area contributed by atoms with E-state index < -0.39 is 10.0 Å². The zero-order valence-electron chi connectivity index (χ0n) is 11.9. The highest BCUT2D eigenvalue weighted by molar-refractivity contribution is 7.89. The van der Waals surface area contributed by atoms with E-state index in [1.54, 1.807) is 43.4 Å². The molecule has 2 aromatic rings. The second-order valence-corrected chi connectivity index (χ2v) is 6.85. The van der Waals surface area contributed by atoms with Gasteiger partial charge < -0.3 is 4.90 Å². The topological polar surface area (TPSA) is 80.5 Å². The minimum absolute atomic E-state index is 0.0444. The lowest BCUT2D eigenvalue weighted by Crippen LogP contribution is -2.26. The van der Waals surface area contributed by atoms with Crippen LogP contribution in [0.1, 0.15) is 15.9 Å². The van der Waals surface area contributed by atoms with Crippen LogP contribution < -0.4 is 5.14 Å². The van der Waals surface area contributed by atoms with E-state index in [1.165, 1.54) is 17.0 Å². The summed E-state index contributed by atoms with van der Waals surface area (Å²) in [5.74, 6) is -0.146. The van der Waals surface area contributed by atoms with Crippen LogP contribution >= 0.6 is 11.6 Å². The number of amides is 1. The molecule has 0 spiro atoms. The number of hydrogen-bond donors (Lipinski definition) is 1. The van der Waals surface area contributed by atoms with Crippen molar-refractivity contribution < 1.29 is 13.2 Å². The first kappa shape index (κ1) is 16.5. The van der Waals surface area contributed by atoms with E-state index >= 15 is 0 Å². The molecule has 7 heteroatoms. The summed E-state index contributed by atoms with van der Waals surface area (Å²) in [6, 6.07) is 12.7. The first-order valence-corrected chi connectivity index (χ1v) is 8.32. The quantitative estimate of drug-likeness (QED) is 0.928. The van der Waals surface area contributed by atoms with Crippen molar-refractivity contribution in [2.75, 3.05) is 7.05 Å². The fourth-order valence-electron chi connectivity index (χ4n) is 1.94. The largest absolute Gasteiger partial charge is 0.337 e. The van der Waals surface area contributed by atoms with Crippen molar-refractivity contribution in [2.24, 2.45) is 5.14 Å². The highest BCUT2D eigenvalue weighted by Gasteiger charge is 2.13. The molecular formula is C15H15ClN2O3S. The fraction of sp³-hybridized carbons (Fsp3) is 0.133. The summed E-state index contributed by atoms with van der Waals surface area (Å²) in [4.78, 5) is 13.8. The van der Waals surface area contributed by atoms with Crippen molar-refractivity contribution in [2.45, 2.75) is 11.4 Å². The normalized spacial score (nSPS) is 11.2. The van der Waals surface area contributed by atoms with Crippen LogP contribution in [0.2, 0.25) is 5.02 Å². The lowest BCUT2D eigenvalue weighted by atomic mass is 10.1. The number of rotatable bonds is 4. The fourth-order valence-corrected chi connectivity index (χ4v) is 2.58. The number of halogens is 1. The third-order valence-electron chi connectivity index (χ3n) is 3.11. The van der Waals surface area contributed by atoms with Crippen LogP contribution in [0, 0.1) is 0 Å². The van der Waals surface area contributed by atoms with Gasteiger partial charge in [-0.3, -0.25) is 4.79 Å². The molecule has 0 aromatic heterocycles. The SMILES string of the molecule is CN(Cc1ccc(S(N)(=O)=O)cc1)C(=O)c1ccc(Cl)cc1. The molecule has 0 aliphatic rings. The Balaban J connectivity index is 2.10. The van der Waals surface area contributed by atoms with E-state index in [4.69, 9.17) is 16.7 Å². The Bertz CT molecular complexity index is 771. The van der Waals surface area contributed by atoms with E-state index in [1.807, 2.05) is 0 Å². The van der Waals surface area contributed by atoms with Gasteiger partial charge in [-0.05, 0) is 42.0 Å². The average Bonchev–Trinajstić information content (AvgIpc) is 2.47. The lowest BCUT2D eigenvalue weighted by Gasteiger charge is -2.17. The molecule has 116 valence electrons. The minimum Gasteiger partial charge on any atom is -0.337 e. The Morgan fingerprint density at radius 2 is 1.64 bits per heavy atom. The van der Waals surface area contributed by atoms with Crippen LogP contribution in [0.25, 0.3) is 0 Å². The van der Waals surface area contributed by atoms with E-state index in [9.17, 15) is 13.2 Å². The molecule has 0 bridgehead atoms. The minimum atomic E-state index is -3.70. The number of nitrogens with two attached hydrogens (primary N) is 1. The van der Waals surface area contributed by atoms with Crippen molar-refractivity contribution in [3.05, 3.63) is 64.7 Å². The third-order valence-corrected chi connectivity index (χ3v) is 4.29. The molecule has 5 nitrogen and oxygen atoms in total. The van der Waals surface area contributed by atoms with Crippen LogP contribution in [-0.4, -0.2) is 26.3 Å². The van der Waals surface area contributed by atoms with Gasteiger partial charge in [0.15, 0.2) is 0 Å². The molecule has 0 heterocycles. The summed E-state index contributed by atoms with van der Waals surface area (Å²) in [5, 5.41) is 5.61. The molecule has 0 aliphatic heterocycles. The molecule has 2 N–H and O–H groups in total. The Labute approximate surface area is 134 Å². The number of hydrogen-bond acceptors (Lipinski definition) is 3. The van der Waals surface area contributed by atoms with Crippen molar-refractivity contribution >= 4 is 27.5 Å². The zero-order valence-corrected chi connectivity index (χ0v) is 13.4. The lowest BCUT2D eigenvalue weighted by molar-refractivity contribution is 0.0785. The molecule has 0 fully saturated rings. The van der Waals surface area contributed by atoms with Gasteiger partial charge in [0, 0.05) is 24.2 Å². The predicted molar refractivity (Wildman–Crippen MR) is 85.1 cm³/mol. The molecule has 0 aliphatic carbocycles. The summed E-state index contributed by atoms with van der Waals surface area (Å²) >= 11 is 5.79. The molecule has 0 saturated carbocycles. The molecule has 22 heavy (non-hydrogen) atoms. The van der Waals surface area contributed by atoms with Gasteiger partial charge in [-0.2, -0.15) is 0 Å².